The monoisotopic (exact) mass is 340 g/mol. The third-order valence-electron chi connectivity index (χ3n) is 3.64. The number of aliphatic carboxylic acids is 1. The Labute approximate surface area is 125 Å². The molecule has 2 atom stereocenters. The van der Waals surface area contributed by atoms with Crippen molar-refractivity contribution in [2.45, 2.75) is 38.1 Å². The molecule has 1 heterocycles. The number of rotatable bonds is 3. The number of amides is 1. The molecule has 2 N–H and O–H groups in total. The topological polar surface area (TPSA) is 79.3 Å². The van der Waals surface area contributed by atoms with Crippen molar-refractivity contribution in [2.75, 3.05) is 0 Å². The van der Waals surface area contributed by atoms with Crippen LogP contribution in [0.15, 0.2) is 22.9 Å². The van der Waals surface area contributed by atoms with Crippen molar-refractivity contribution in [2.24, 2.45) is 5.92 Å². The predicted octanol–water partition coefficient (Wildman–Crippen LogP) is 2.61. The molecule has 0 spiro atoms. The normalized spacial score (nSPS) is 22.9. The van der Waals surface area contributed by atoms with E-state index in [9.17, 15) is 14.7 Å². The Balaban J connectivity index is 2.07. The van der Waals surface area contributed by atoms with Gasteiger partial charge >= 0.3 is 5.97 Å². The summed E-state index contributed by atoms with van der Waals surface area (Å²) < 4.78 is 0.659. The number of nitrogens with one attached hydrogen (secondary N) is 1. The van der Waals surface area contributed by atoms with Gasteiger partial charge in [0, 0.05) is 12.2 Å². The Morgan fingerprint density at radius 2 is 2.00 bits per heavy atom. The zero-order valence-electron chi connectivity index (χ0n) is 11.0. The van der Waals surface area contributed by atoms with E-state index in [4.69, 9.17) is 0 Å². The molecule has 6 heteroatoms. The first kappa shape index (κ1) is 15.0. The van der Waals surface area contributed by atoms with Crippen LogP contribution in [0.1, 0.15) is 42.5 Å². The van der Waals surface area contributed by atoms with Crippen LogP contribution in [-0.4, -0.2) is 28.0 Å². The molecule has 0 bridgehead atoms. The summed E-state index contributed by atoms with van der Waals surface area (Å²) in [4.78, 5) is 27.5. The first-order valence-corrected chi connectivity index (χ1v) is 7.52. The van der Waals surface area contributed by atoms with Crippen LogP contribution in [0.5, 0.6) is 0 Å². The second-order valence-corrected chi connectivity index (χ2v) is 5.84. The summed E-state index contributed by atoms with van der Waals surface area (Å²) in [6.45, 7) is 0. The van der Waals surface area contributed by atoms with Crippen LogP contribution in [0.25, 0.3) is 0 Å². The van der Waals surface area contributed by atoms with Gasteiger partial charge in [-0.2, -0.15) is 0 Å². The average molecular weight is 341 g/mol. The summed E-state index contributed by atoms with van der Waals surface area (Å²) in [6, 6.07) is 3.06. The van der Waals surface area contributed by atoms with E-state index in [1.807, 2.05) is 0 Å². The third-order valence-corrected chi connectivity index (χ3v) is 4.11. The van der Waals surface area contributed by atoms with Gasteiger partial charge in [0.25, 0.3) is 5.91 Å². The molecule has 1 saturated carbocycles. The zero-order chi connectivity index (χ0) is 14.5. The number of halogens is 1. The summed E-state index contributed by atoms with van der Waals surface area (Å²) >= 11 is 3.21. The second-order valence-electron chi connectivity index (χ2n) is 5.03. The quantitative estimate of drug-likeness (QED) is 0.654. The Bertz CT molecular complexity index is 490. The number of pyridine rings is 1. The fourth-order valence-electron chi connectivity index (χ4n) is 2.54. The number of carboxylic acids is 1. The van der Waals surface area contributed by atoms with Crippen molar-refractivity contribution in [3.8, 4) is 0 Å². The van der Waals surface area contributed by atoms with E-state index in [0.29, 0.717) is 23.0 Å². The minimum Gasteiger partial charge on any atom is -0.481 e. The predicted molar refractivity (Wildman–Crippen MR) is 77.4 cm³/mol. The maximum absolute atomic E-state index is 12.1. The van der Waals surface area contributed by atoms with Gasteiger partial charge in [-0.05, 0) is 40.9 Å². The van der Waals surface area contributed by atoms with E-state index in [0.717, 1.165) is 19.3 Å². The maximum Gasteiger partial charge on any atom is 0.308 e. The maximum atomic E-state index is 12.1. The highest BCUT2D eigenvalue weighted by atomic mass is 79.9. The number of aromatic nitrogens is 1. The number of carbonyl (C=O) groups is 2. The highest BCUT2D eigenvalue weighted by Gasteiger charge is 2.30. The van der Waals surface area contributed by atoms with Crippen LogP contribution in [0.4, 0.5) is 0 Å². The molecule has 0 aliphatic heterocycles. The lowest BCUT2D eigenvalue weighted by atomic mass is 9.94. The molecule has 0 saturated heterocycles. The molecule has 1 aromatic rings. The lowest BCUT2D eigenvalue weighted by molar-refractivity contribution is -0.142. The van der Waals surface area contributed by atoms with E-state index in [-0.39, 0.29) is 11.9 Å². The van der Waals surface area contributed by atoms with Gasteiger partial charge in [-0.3, -0.25) is 9.59 Å². The molecule has 1 aliphatic carbocycles. The number of carbonyl (C=O) groups excluding carboxylic acids is 1. The van der Waals surface area contributed by atoms with Crippen molar-refractivity contribution in [1.82, 2.24) is 10.3 Å². The second kappa shape index (κ2) is 6.83. The van der Waals surface area contributed by atoms with Gasteiger partial charge in [-0.15, -0.1) is 0 Å². The van der Waals surface area contributed by atoms with E-state index in [2.05, 4.69) is 26.2 Å². The van der Waals surface area contributed by atoms with Crippen LogP contribution >= 0.6 is 15.9 Å². The fourth-order valence-corrected chi connectivity index (χ4v) is 2.77. The summed E-state index contributed by atoms with van der Waals surface area (Å²) in [7, 11) is 0. The van der Waals surface area contributed by atoms with Crippen molar-refractivity contribution in [1.29, 1.82) is 0 Å². The Morgan fingerprint density at radius 1 is 1.25 bits per heavy atom. The van der Waals surface area contributed by atoms with Gasteiger partial charge in [-0.1, -0.05) is 19.3 Å². The Kier molecular flexibility index (Phi) is 5.11. The fraction of sp³-hybridized carbons (Fsp3) is 0.500. The van der Waals surface area contributed by atoms with Gasteiger partial charge < -0.3 is 10.4 Å². The van der Waals surface area contributed by atoms with Crippen LogP contribution in [0, 0.1) is 5.92 Å². The van der Waals surface area contributed by atoms with Crippen LogP contribution < -0.4 is 5.32 Å². The highest BCUT2D eigenvalue weighted by Crippen LogP contribution is 2.24. The molecule has 0 radical (unpaired) electrons. The zero-order valence-corrected chi connectivity index (χ0v) is 12.6. The SMILES string of the molecule is O=C(NC1CCCCCC1C(=O)O)c1ccc(Br)nc1. The van der Waals surface area contributed by atoms with E-state index in [1.165, 1.54) is 6.20 Å². The first-order chi connectivity index (χ1) is 9.58. The van der Waals surface area contributed by atoms with Crippen molar-refractivity contribution in [3.05, 3.63) is 28.5 Å². The molecule has 1 amide bonds. The van der Waals surface area contributed by atoms with Crippen molar-refractivity contribution >= 4 is 27.8 Å². The van der Waals surface area contributed by atoms with Gasteiger partial charge in [0.2, 0.25) is 0 Å². The molecule has 2 unspecified atom stereocenters. The number of carboxylic acid groups (broad SMARTS) is 1. The van der Waals surface area contributed by atoms with E-state index >= 15 is 0 Å². The summed E-state index contributed by atoms with van der Waals surface area (Å²) in [5.41, 5.74) is 0.446. The standard InChI is InChI=1S/C14H17BrN2O3/c15-12-7-6-9(8-16-12)13(18)17-11-5-3-1-2-4-10(11)14(19)20/h6-8,10-11H,1-5H2,(H,17,18)(H,19,20). The molecule has 1 fully saturated rings. The number of hydrogen-bond donors (Lipinski definition) is 2. The van der Waals surface area contributed by atoms with Crippen LogP contribution in [0.3, 0.4) is 0 Å². The molecule has 20 heavy (non-hydrogen) atoms. The lowest BCUT2D eigenvalue weighted by Crippen LogP contribution is -2.42. The molecule has 108 valence electrons. The van der Waals surface area contributed by atoms with Crippen molar-refractivity contribution in [3.63, 3.8) is 0 Å². The van der Waals surface area contributed by atoms with Crippen LogP contribution in [0.2, 0.25) is 0 Å². The third kappa shape index (κ3) is 3.79. The van der Waals surface area contributed by atoms with Gasteiger partial charge in [-0.25, -0.2) is 4.98 Å². The lowest BCUT2D eigenvalue weighted by Gasteiger charge is -2.22. The Hall–Kier alpha value is -1.43. The summed E-state index contributed by atoms with van der Waals surface area (Å²) in [5.74, 6) is -1.58. The number of hydrogen-bond acceptors (Lipinski definition) is 3. The van der Waals surface area contributed by atoms with E-state index in [1.54, 1.807) is 12.1 Å². The van der Waals surface area contributed by atoms with E-state index < -0.39 is 11.9 Å². The molecule has 1 aliphatic rings. The smallest absolute Gasteiger partial charge is 0.308 e. The molecule has 1 aromatic heterocycles. The molecule has 2 rings (SSSR count). The van der Waals surface area contributed by atoms with Gasteiger partial charge in [0.05, 0.1) is 11.5 Å². The summed E-state index contributed by atoms with van der Waals surface area (Å²) in [6.07, 6.45) is 5.70. The first-order valence-electron chi connectivity index (χ1n) is 6.73. The molecule has 5 nitrogen and oxygen atoms in total. The Morgan fingerprint density at radius 3 is 2.65 bits per heavy atom. The highest BCUT2D eigenvalue weighted by molar-refractivity contribution is 9.10. The van der Waals surface area contributed by atoms with Gasteiger partial charge in [0.1, 0.15) is 4.60 Å². The average Bonchev–Trinajstić information content (AvgIpc) is 2.65. The minimum absolute atomic E-state index is 0.261. The van der Waals surface area contributed by atoms with Gasteiger partial charge in [0.15, 0.2) is 0 Å². The van der Waals surface area contributed by atoms with Crippen LogP contribution in [-0.2, 0) is 4.79 Å². The van der Waals surface area contributed by atoms with Crippen molar-refractivity contribution < 1.29 is 14.7 Å². The molecular weight excluding hydrogens is 324 g/mol. The largest absolute Gasteiger partial charge is 0.481 e. The minimum atomic E-state index is -0.828. The number of nitrogens with zero attached hydrogens (tertiary/aromatic N) is 1. The molecular formula is C14H17BrN2O3. The summed E-state index contributed by atoms with van der Waals surface area (Å²) in [5, 5.41) is 12.1. The molecule has 0 aromatic carbocycles.